The maximum Gasteiger partial charge on any atom is 0.272 e. The van der Waals surface area contributed by atoms with Crippen molar-refractivity contribution in [1.29, 1.82) is 0 Å². The molecule has 0 heterocycles. The maximum atomic E-state index is 10.7. The van der Waals surface area contributed by atoms with Gasteiger partial charge >= 0.3 is 0 Å². The first kappa shape index (κ1) is 14.4. The number of anilines is 1. The molecule has 1 atom stereocenters. The van der Waals surface area contributed by atoms with Gasteiger partial charge in [-0.3, -0.25) is 10.1 Å². The van der Waals surface area contributed by atoms with E-state index in [2.05, 4.69) is 12.2 Å². The Balaban J connectivity index is 2.72. The van der Waals surface area contributed by atoms with Crippen molar-refractivity contribution in [3.63, 3.8) is 0 Å². The first-order valence-electron chi connectivity index (χ1n) is 6.30. The highest BCUT2D eigenvalue weighted by molar-refractivity contribution is 5.54. The third-order valence-electron chi connectivity index (χ3n) is 2.95. The first-order chi connectivity index (χ1) is 8.58. The number of nitrogens with one attached hydrogen (secondary N) is 1. The molecule has 0 aliphatic carbocycles. The summed E-state index contributed by atoms with van der Waals surface area (Å²) in [4.78, 5) is 10.4. The average molecular weight is 251 g/mol. The number of unbranched alkanes of at least 4 members (excludes halogenated alkanes) is 1. The number of hydrogen-bond donors (Lipinski definition) is 2. The summed E-state index contributed by atoms with van der Waals surface area (Å²) in [7, 11) is 0. The summed E-state index contributed by atoms with van der Waals surface area (Å²) in [6, 6.07) is 5.29. The minimum atomic E-state index is -0.364. The van der Waals surface area contributed by atoms with Crippen molar-refractivity contribution >= 4 is 11.4 Å². The van der Waals surface area contributed by atoms with Gasteiger partial charge in [-0.25, -0.2) is 0 Å². The Morgan fingerprint density at radius 2 is 2.22 bits per heavy atom. The summed E-state index contributed by atoms with van der Waals surface area (Å²) < 4.78 is 0. The quantitative estimate of drug-likeness (QED) is 0.576. The molecule has 1 aromatic rings. The van der Waals surface area contributed by atoms with Crippen LogP contribution in [0.4, 0.5) is 11.4 Å². The lowest BCUT2D eigenvalue weighted by atomic mass is 10.1. The Labute approximate surface area is 108 Å². The van der Waals surface area contributed by atoms with Crippen molar-refractivity contribution in [2.24, 2.45) is 5.73 Å². The summed E-state index contributed by atoms with van der Waals surface area (Å²) in [5.74, 6) is 0. The SMILES string of the molecule is CCCCC(CN)Nc1ccc([N+](=O)[O-])c(C)c1. The molecule has 0 saturated heterocycles. The second kappa shape index (κ2) is 6.96. The van der Waals surface area contributed by atoms with Crippen LogP contribution in [0.5, 0.6) is 0 Å². The van der Waals surface area contributed by atoms with Crippen LogP contribution >= 0.6 is 0 Å². The van der Waals surface area contributed by atoms with E-state index in [0.29, 0.717) is 12.1 Å². The number of nitro groups is 1. The van der Waals surface area contributed by atoms with E-state index in [1.165, 1.54) is 6.07 Å². The molecule has 0 saturated carbocycles. The van der Waals surface area contributed by atoms with E-state index in [0.717, 1.165) is 24.9 Å². The predicted molar refractivity (Wildman–Crippen MR) is 73.8 cm³/mol. The second-order valence-electron chi connectivity index (χ2n) is 4.48. The second-order valence-corrected chi connectivity index (χ2v) is 4.48. The maximum absolute atomic E-state index is 10.7. The molecule has 5 nitrogen and oxygen atoms in total. The Bertz CT molecular complexity index is 407. The highest BCUT2D eigenvalue weighted by Crippen LogP contribution is 2.22. The minimum Gasteiger partial charge on any atom is -0.381 e. The topological polar surface area (TPSA) is 81.2 Å². The lowest BCUT2D eigenvalue weighted by molar-refractivity contribution is -0.385. The van der Waals surface area contributed by atoms with Crippen LogP contribution in [0.1, 0.15) is 31.7 Å². The Hall–Kier alpha value is -1.62. The van der Waals surface area contributed by atoms with E-state index < -0.39 is 0 Å². The molecule has 0 amide bonds. The van der Waals surface area contributed by atoms with Crippen molar-refractivity contribution in [3.05, 3.63) is 33.9 Å². The van der Waals surface area contributed by atoms with Gasteiger partial charge in [0.1, 0.15) is 0 Å². The molecular formula is C13H21N3O2. The predicted octanol–water partition coefficient (Wildman–Crippen LogP) is 2.83. The fourth-order valence-corrected chi connectivity index (χ4v) is 1.89. The molecule has 1 aromatic carbocycles. The molecule has 0 aliphatic heterocycles. The zero-order valence-corrected chi connectivity index (χ0v) is 11.0. The highest BCUT2D eigenvalue weighted by atomic mass is 16.6. The molecule has 18 heavy (non-hydrogen) atoms. The van der Waals surface area contributed by atoms with Crippen molar-refractivity contribution < 1.29 is 4.92 Å². The minimum absolute atomic E-state index is 0.151. The lowest BCUT2D eigenvalue weighted by Gasteiger charge is -2.18. The van der Waals surface area contributed by atoms with E-state index >= 15 is 0 Å². The van der Waals surface area contributed by atoms with Crippen molar-refractivity contribution in [2.45, 2.75) is 39.2 Å². The van der Waals surface area contributed by atoms with Gasteiger partial charge in [-0.15, -0.1) is 0 Å². The summed E-state index contributed by atoms with van der Waals surface area (Å²) in [6.07, 6.45) is 3.28. The van der Waals surface area contributed by atoms with Crippen LogP contribution in [0.25, 0.3) is 0 Å². The number of nitrogens with two attached hydrogens (primary N) is 1. The fraction of sp³-hybridized carbons (Fsp3) is 0.538. The molecule has 1 unspecified atom stereocenters. The van der Waals surface area contributed by atoms with Gasteiger partial charge in [-0.2, -0.15) is 0 Å². The van der Waals surface area contributed by atoms with Crippen LogP contribution in [-0.2, 0) is 0 Å². The molecule has 100 valence electrons. The van der Waals surface area contributed by atoms with Gasteiger partial charge in [0, 0.05) is 29.9 Å². The average Bonchev–Trinajstić information content (AvgIpc) is 2.34. The summed E-state index contributed by atoms with van der Waals surface area (Å²) in [5, 5.41) is 14.0. The fourth-order valence-electron chi connectivity index (χ4n) is 1.89. The van der Waals surface area contributed by atoms with Gasteiger partial charge in [0.05, 0.1) is 4.92 Å². The molecular weight excluding hydrogens is 230 g/mol. The Morgan fingerprint density at radius 1 is 1.50 bits per heavy atom. The van der Waals surface area contributed by atoms with Crippen molar-refractivity contribution in [3.8, 4) is 0 Å². The van der Waals surface area contributed by atoms with E-state index in [1.54, 1.807) is 19.1 Å². The standard InChI is InChI=1S/C13H21N3O2/c1-3-4-5-12(9-14)15-11-6-7-13(16(17)18)10(2)8-11/h6-8,12,15H,3-5,9,14H2,1-2H3. The zero-order valence-electron chi connectivity index (χ0n) is 11.0. The van der Waals surface area contributed by atoms with Gasteiger partial charge in [0.15, 0.2) is 0 Å². The van der Waals surface area contributed by atoms with Gasteiger partial charge in [-0.1, -0.05) is 19.8 Å². The molecule has 0 spiro atoms. The smallest absolute Gasteiger partial charge is 0.272 e. The van der Waals surface area contributed by atoms with Crippen LogP contribution in [-0.4, -0.2) is 17.5 Å². The van der Waals surface area contributed by atoms with E-state index in [9.17, 15) is 10.1 Å². The van der Waals surface area contributed by atoms with Gasteiger partial charge < -0.3 is 11.1 Å². The molecule has 3 N–H and O–H groups in total. The summed E-state index contributed by atoms with van der Waals surface area (Å²) in [5.41, 5.74) is 7.41. The molecule has 0 aromatic heterocycles. The molecule has 0 aliphatic rings. The zero-order chi connectivity index (χ0) is 13.5. The number of nitro benzene ring substituents is 1. The van der Waals surface area contributed by atoms with Crippen LogP contribution in [0.3, 0.4) is 0 Å². The Morgan fingerprint density at radius 3 is 2.72 bits per heavy atom. The molecule has 1 rings (SSSR count). The third kappa shape index (κ3) is 4.00. The number of hydrogen-bond acceptors (Lipinski definition) is 4. The number of aryl methyl sites for hydroxylation is 1. The molecule has 0 radical (unpaired) electrons. The molecule has 0 bridgehead atoms. The van der Waals surface area contributed by atoms with E-state index in [4.69, 9.17) is 5.73 Å². The monoisotopic (exact) mass is 251 g/mol. The van der Waals surface area contributed by atoms with Crippen molar-refractivity contribution in [1.82, 2.24) is 0 Å². The lowest BCUT2D eigenvalue weighted by Crippen LogP contribution is -2.28. The summed E-state index contributed by atoms with van der Waals surface area (Å²) in [6.45, 7) is 4.45. The number of benzene rings is 1. The van der Waals surface area contributed by atoms with Gasteiger partial charge in [0.25, 0.3) is 5.69 Å². The van der Waals surface area contributed by atoms with Gasteiger partial charge in [0.2, 0.25) is 0 Å². The van der Waals surface area contributed by atoms with Crippen LogP contribution in [0.15, 0.2) is 18.2 Å². The molecule has 5 heteroatoms. The van der Waals surface area contributed by atoms with Crippen LogP contribution < -0.4 is 11.1 Å². The van der Waals surface area contributed by atoms with Crippen molar-refractivity contribution in [2.75, 3.05) is 11.9 Å². The number of nitrogens with zero attached hydrogens (tertiary/aromatic N) is 1. The summed E-state index contributed by atoms with van der Waals surface area (Å²) >= 11 is 0. The normalized spacial score (nSPS) is 12.2. The molecule has 0 fully saturated rings. The highest BCUT2D eigenvalue weighted by Gasteiger charge is 2.11. The third-order valence-corrected chi connectivity index (χ3v) is 2.95. The first-order valence-corrected chi connectivity index (χ1v) is 6.30. The van der Waals surface area contributed by atoms with Crippen LogP contribution in [0.2, 0.25) is 0 Å². The number of rotatable bonds is 7. The Kier molecular flexibility index (Phi) is 5.58. The van der Waals surface area contributed by atoms with Gasteiger partial charge in [-0.05, 0) is 25.5 Å². The van der Waals surface area contributed by atoms with E-state index in [1.807, 2.05) is 0 Å². The largest absolute Gasteiger partial charge is 0.381 e. The van der Waals surface area contributed by atoms with Crippen LogP contribution in [0, 0.1) is 17.0 Å². The van der Waals surface area contributed by atoms with E-state index in [-0.39, 0.29) is 16.7 Å².